The van der Waals surface area contributed by atoms with E-state index in [1.54, 1.807) is 17.4 Å². The molecule has 0 unspecified atom stereocenters. The smallest absolute Gasteiger partial charge is 0.406 e. The molecule has 0 radical (unpaired) electrons. The number of nitrogens with one attached hydrogen (secondary N) is 2. The first-order valence-electron chi connectivity index (χ1n) is 8.13. The van der Waals surface area contributed by atoms with Crippen LogP contribution in [-0.2, 0) is 6.54 Å². The first kappa shape index (κ1) is 20.5. The minimum atomic E-state index is -4.80. The van der Waals surface area contributed by atoms with E-state index in [0.29, 0.717) is 5.69 Å². The van der Waals surface area contributed by atoms with Gasteiger partial charge in [0.1, 0.15) is 11.4 Å². The van der Waals surface area contributed by atoms with Gasteiger partial charge in [-0.1, -0.05) is 26.0 Å². The number of ether oxygens (including phenoxy) is 1. The first-order valence-corrected chi connectivity index (χ1v) is 9.01. The zero-order valence-electron chi connectivity index (χ0n) is 14.6. The van der Waals surface area contributed by atoms with Crippen molar-refractivity contribution in [2.24, 2.45) is 0 Å². The minimum absolute atomic E-state index is 0.0692. The second-order valence-corrected chi connectivity index (χ2v) is 5.96. The fraction of sp³-hybridized carbons (Fsp3) is 0.222. The number of thiophene rings is 1. The number of rotatable bonds is 5. The number of carbonyl (C=O) groups is 1. The van der Waals surface area contributed by atoms with E-state index >= 15 is 0 Å². The number of aromatic amines is 1. The average molecular weight is 397 g/mol. The van der Waals surface area contributed by atoms with E-state index in [0.717, 1.165) is 22.7 Å². The normalized spacial score (nSPS) is 10.7. The van der Waals surface area contributed by atoms with Crippen LogP contribution in [-0.4, -0.2) is 22.5 Å². The van der Waals surface area contributed by atoms with Crippen LogP contribution in [0.5, 0.6) is 5.75 Å². The Hall–Kier alpha value is -2.81. The number of halogens is 3. The Morgan fingerprint density at radius 2 is 2.00 bits per heavy atom. The lowest BCUT2D eigenvalue weighted by molar-refractivity contribution is -0.274. The molecule has 2 N–H and O–H groups in total. The highest BCUT2D eigenvalue weighted by molar-refractivity contribution is 7.13. The molecular weight excluding hydrogens is 379 g/mol. The number of aromatic nitrogens is 2. The van der Waals surface area contributed by atoms with Crippen LogP contribution < -0.4 is 10.1 Å². The Bertz CT molecular complexity index is 861. The molecule has 0 atom stereocenters. The molecule has 0 fully saturated rings. The highest BCUT2D eigenvalue weighted by atomic mass is 32.1. The second kappa shape index (κ2) is 9.22. The molecule has 0 saturated heterocycles. The van der Waals surface area contributed by atoms with Gasteiger partial charge in [0.2, 0.25) is 0 Å². The molecule has 0 saturated carbocycles. The molecule has 3 rings (SSSR count). The van der Waals surface area contributed by atoms with Gasteiger partial charge in [-0.05, 0) is 35.7 Å². The van der Waals surface area contributed by atoms with E-state index in [2.05, 4.69) is 20.3 Å². The van der Waals surface area contributed by atoms with Crippen molar-refractivity contribution in [1.29, 1.82) is 0 Å². The molecule has 1 aromatic carbocycles. The Morgan fingerprint density at radius 1 is 1.22 bits per heavy atom. The fourth-order valence-corrected chi connectivity index (χ4v) is 2.80. The SMILES string of the molecule is CC.O=C(NCc1cc(-c2cccs2)n[nH]1)c1cccc(OC(F)(F)F)c1. The summed E-state index contributed by atoms with van der Waals surface area (Å²) < 4.78 is 40.5. The van der Waals surface area contributed by atoms with Gasteiger partial charge in [0.05, 0.1) is 17.1 Å². The van der Waals surface area contributed by atoms with Crippen LogP contribution in [0.4, 0.5) is 13.2 Å². The van der Waals surface area contributed by atoms with Gasteiger partial charge >= 0.3 is 6.36 Å². The standard InChI is InChI=1S/C16H12F3N3O2S.C2H6/c17-16(18,19)24-12-4-1-3-10(7-12)15(23)20-9-11-8-13(22-21-11)14-5-2-6-25-14;1-2/h1-8H,9H2,(H,20,23)(H,21,22);1-2H3. The number of benzene rings is 1. The summed E-state index contributed by atoms with van der Waals surface area (Å²) in [4.78, 5) is 13.1. The number of amides is 1. The van der Waals surface area contributed by atoms with E-state index in [1.165, 1.54) is 12.1 Å². The third-order valence-corrected chi connectivity index (χ3v) is 4.07. The van der Waals surface area contributed by atoms with Crippen molar-refractivity contribution >= 4 is 17.2 Å². The molecule has 0 aliphatic carbocycles. The highest BCUT2D eigenvalue weighted by Gasteiger charge is 2.31. The summed E-state index contributed by atoms with van der Waals surface area (Å²) >= 11 is 1.54. The predicted molar refractivity (Wildman–Crippen MR) is 97.5 cm³/mol. The zero-order chi connectivity index (χ0) is 19.9. The molecule has 9 heteroatoms. The van der Waals surface area contributed by atoms with Gasteiger partial charge < -0.3 is 10.1 Å². The summed E-state index contributed by atoms with van der Waals surface area (Å²) in [5.41, 5.74) is 1.51. The second-order valence-electron chi connectivity index (χ2n) is 5.01. The molecule has 2 aromatic heterocycles. The summed E-state index contributed by atoms with van der Waals surface area (Å²) in [5, 5.41) is 11.5. The maximum atomic E-state index is 12.2. The van der Waals surface area contributed by atoms with Crippen LogP contribution in [0.15, 0.2) is 47.8 Å². The minimum Gasteiger partial charge on any atom is -0.406 e. The quantitative estimate of drug-likeness (QED) is 0.637. The van der Waals surface area contributed by atoms with Crippen molar-refractivity contribution in [2.45, 2.75) is 26.8 Å². The fourth-order valence-electron chi connectivity index (χ4n) is 2.11. The van der Waals surface area contributed by atoms with E-state index in [4.69, 9.17) is 0 Å². The summed E-state index contributed by atoms with van der Waals surface area (Å²) in [7, 11) is 0. The van der Waals surface area contributed by atoms with Crippen LogP contribution in [0, 0.1) is 0 Å². The topological polar surface area (TPSA) is 67.0 Å². The van der Waals surface area contributed by atoms with E-state index in [9.17, 15) is 18.0 Å². The molecule has 0 spiro atoms. The van der Waals surface area contributed by atoms with Gasteiger partial charge in [-0.25, -0.2) is 0 Å². The van der Waals surface area contributed by atoms with Crippen molar-refractivity contribution in [1.82, 2.24) is 15.5 Å². The molecule has 3 aromatic rings. The maximum Gasteiger partial charge on any atom is 0.573 e. The van der Waals surface area contributed by atoms with Crippen LogP contribution in [0.3, 0.4) is 0 Å². The Kier molecular flexibility index (Phi) is 7.00. The van der Waals surface area contributed by atoms with Crippen molar-refractivity contribution in [3.63, 3.8) is 0 Å². The highest BCUT2D eigenvalue weighted by Crippen LogP contribution is 2.24. The summed E-state index contributed by atoms with van der Waals surface area (Å²) in [6, 6.07) is 10.5. The van der Waals surface area contributed by atoms with Gasteiger partial charge in [0, 0.05) is 5.56 Å². The molecule has 2 heterocycles. The Morgan fingerprint density at radius 3 is 2.67 bits per heavy atom. The Balaban J connectivity index is 0.00000126. The number of carbonyl (C=O) groups excluding carboxylic acids is 1. The van der Waals surface area contributed by atoms with Gasteiger partial charge in [-0.15, -0.1) is 24.5 Å². The molecule has 0 aliphatic heterocycles. The molecule has 5 nitrogen and oxygen atoms in total. The van der Waals surface area contributed by atoms with Crippen LogP contribution >= 0.6 is 11.3 Å². The van der Waals surface area contributed by atoms with Gasteiger partial charge in [-0.2, -0.15) is 5.10 Å². The molecule has 27 heavy (non-hydrogen) atoms. The molecule has 144 valence electrons. The van der Waals surface area contributed by atoms with Crippen molar-refractivity contribution < 1.29 is 22.7 Å². The van der Waals surface area contributed by atoms with Gasteiger partial charge in [-0.3, -0.25) is 9.89 Å². The number of alkyl halides is 3. The van der Waals surface area contributed by atoms with Gasteiger partial charge in [0.25, 0.3) is 5.91 Å². The van der Waals surface area contributed by atoms with E-state index < -0.39 is 18.0 Å². The third-order valence-electron chi connectivity index (χ3n) is 3.17. The summed E-state index contributed by atoms with van der Waals surface area (Å²) in [5.74, 6) is -0.957. The Labute approximate surface area is 158 Å². The monoisotopic (exact) mass is 397 g/mol. The summed E-state index contributed by atoms with van der Waals surface area (Å²) in [6.45, 7) is 4.17. The third kappa shape index (κ3) is 6.14. The molecule has 0 aliphatic rings. The molecular formula is C18H18F3N3O2S. The largest absolute Gasteiger partial charge is 0.573 e. The lowest BCUT2D eigenvalue weighted by Crippen LogP contribution is -2.23. The predicted octanol–water partition coefficient (Wildman–Crippen LogP) is 4.99. The molecule has 0 bridgehead atoms. The average Bonchev–Trinajstić information content (AvgIpc) is 3.31. The number of hydrogen-bond donors (Lipinski definition) is 2. The van der Waals surface area contributed by atoms with Crippen LogP contribution in [0.25, 0.3) is 10.6 Å². The number of H-pyrrole nitrogens is 1. The van der Waals surface area contributed by atoms with Crippen molar-refractivity contribution in [2.75, 3.05) is 0 Å². The first-order chi connectivity index (χ1) is 12.9. The van der Waals surface area contributed by atoms with E-state index in [1.807, 2.05) is 31.4 Å². The van der Waals surface area contributed by atoms with E-state index in [-0.39, 0.29) is 12.1 Å². The van der Waals surface area contributed by atoms with Gasteiger partial charge in [0.15, 0.2) is 0 Å². The van der Waals surface area contributed by atoms with Crippen molar-refractivity contribution in [3.05, 3.63) is 59.1 Å². The van der Waals surface area contributed by atoms with Crippen LogP contribution in [0.2, 0.25) is 0 Å². The lowest BCUT2D eigenvalue weighted by Gasteiger charge is -2.10. The number of nitrogens with zero attached hydrogens (tertiary/aromatic N) is 1. The zero-order valence-corrected chi connectivity index (χ0v) is 15.4. The van der Waals surface area contributed by atoms with Crippen LogP contribution in [0.1, 0.15) is 29.9 Å². The number of hydrogen-bond acceptors (Lipinski definition) is 4. The lowest BCUT2D eigenvalue weighted by atomic mass is 10.2. The summed E-state index contributed by atoms with van der Waals surface area (Å²) in [6.07, 6.45) is -4.80. The molecule has 1 amide bonds. The van der Waals surface area contributed by atoms with Crippen molar-refractivity contribution in [3.8, 4) is 16.3 Å². The maximum absolute atomic E-state index is 12.2.